The van der Waals surface area contributed by atoms with E-state index in [1.165, 1.54) is 0 Å². The van der Waals surface area contributed by atoms with Crippen LogP contribution >= 0.6 is 0 Å². The number of urea groups is 1. The van der Waals surface area contributed by atoms with Crippen LogP contribution in [0.15, 0.2) is 0 Å². The molecule has 0 radical (unpaired) electrons. The van der Waals surface area contributed by atoms with E-state index >= 15 is 0 Å². The van der Waals surface area contributed by atoms with E-state index in [1.54, 1.807) is 0 Å². The van der Waals surface area contributed by atoms with E-state index in [0.717, 1.165) is 38.5 Å². The predicted octanol–water partition coefficient (Wildman–Crippen LogP) is 1.74. The van der Waals surface area contributed by atoms with Crippen LogP contribution in [-0.2, 0) is 9.53 Å². The lowest BCUT2D eigenvalue weighted by atomic mass is 9.79. The summed E-state index contributed by atoms with van der Waals surface area (Å²) < 4.78 is 5.45. The van der Waals surface area contributed by atoms with Gasteiger partial charge in [-0.1, -0.05) is 12.8 Å². The lowest BCUT2D eigenvalue weighted by Gasteiger charge is -2.35. The van der Waals surface area contributed by atoms with Gasteiger partial charge < -0.3 is 20.5 Å². The minimum absolute atomic E-state index is 0.0552. The molecule has 0 aliphatic heterocycles. The zero-order valence-electron chi connectivity index (χ0n) is 12.6. The molecule has 0 heterocycles. The normalized spacial score (nSPS) is 32.0. The first-order valence-electron chi connectivity index (χ1n) is 7.99. The van der Waals surface area contributed by atoms with E-state index in [1.807, 2.05) is 6.92 Å². The van der Waals surface area contributed by atoms with Crippen LogP contribution in [0.1, 0.15) is 45.4 Å². The van der Waals surface area contributed by atoms with Crippen LogP contribution < -0.4 is 10.6 Å². The number of carboxylic acids is 1. The van der Waals surface area contributed by atoms with E-state index in [2.05, 4.69) is 10.6 Å². The van der Waals surface area contributed by atoms with E-state index in [4.69, 9.17) is 4.74 Å². The van der Waals surface area contributed by atoms with Crippen molar-refractivity contribution in [1.29, 1.82) is 0 Å². The second-order valence-corrected chi connectivity index (χ2v) is 6.09. The molecule has 0 bridgehead atoms. The summed E-state index contributed by atoms with van der Waals surface area (Å²) in [6, 6.07) is -0.00663. The molecule has 2 atom stereocenters. The molecule has 6 nitrogen and oxygen atoms in total. The molecule has 2 unspecified atom stereocenters. The number of nitrogens with one attached hydrogen (secondary N) is 2. The maximum Gasteiger partial charge on any atom is 0.315 e. The molecule has 120 valence electrons. The summed E-state index contributed by atoms with van der Waals surface area (Å²) in [4.78, 5) is 23.0. The molecule has 2 aliphatic rings. The van der Waals surface area contributed by atoms with Crippen LogP contribution in [0.5, 0.6) is 0 Å². The molecule has 0 aromatic carbocycles. The zero-order chi connectivity index (χ0) is 15.2. The molecule has 2 saturated carbocycles. The Morgan fingerprint density at radius 1 is 1.24 bits per heavy atom. The third kappa shape index (κ3) is 4.59. The van der Waals surface area contributed by atoms with Crippen molar-refractivity contribution in [2.24, 2.45) is 11.8 Å². The van der Waals surface area contributed by atoms with Crippen LogP contribution in [0.4, 0.5) is 4.79 Å². The van der Waals surface area contributed by atoms with Gasteiger partial charge in [0.2, 0.25) is 0 Å². The molecule has 0 saturated heterocycles. The van der Waals surface area contributed by atoms with E-state index in [9.17, 15) is 14.7 Å². The molecule has 2 fully saturated rings. The van der Waals surface area contributed by atoms with E-state index in [0.29, 0.717) is 13.2 Å². The molecule has 2 rings (SSSR count). The van der Waals surface area contributed by atoms with Crippen molar-refractivity contribution in [3.8, 4) is 0 Å². The quantitative estimate of drug-likeness (QED) is 0.697. The summed E-state index contributed by atoms with van der Waals surface area (Å²) in [5, 5.41) is 14.9. The molecule has 0 aromatic heterocycles. The Morgan fingerprint density at radius 2 is 1.95 bits per heavy atom. The summed E-state index contributed by atoms with van der Waals surface area (Å²) in [6.07, 6.45) is 5.63. The van der Waals surface area contributed by atoms with Crippen molar-refractivity contribution in [3.05, 3.63) is 0 Å². The molecule has 0 aromatic rings. The topological polar surface area (TPSA) is 87.7 Å². The van der Waals surface area contributed by atoms with Crippen molar-refractivity contribution >= 4 is 12.0 Å². The number of aliphatic carboxylic acids is 1. The number of amides is 2. The predicted molar refractivity (Wildman–Crippen MR) is 78.1 cm³/mol. The standard InChI is InChI=1S/C15H26N2O4/c1-2-21-12-7-11(8-12)17-15(20)16-9-10-5-3-4-6-13(10)14(18)19/h10-13H,2-9H2,1H3,(H,18,19)(H2,16,17,20). The highest BCUT2D eigenvalue weighted by atomic mass is 16.5. The van der Waals surface area contributed by atoms with Gasteiger partial charge in [0.1, 0.15) is 0 Å². The van der Waals surface area contributed by atoms with E-state index < -0.39 is 5.97 Å². The first-order valence-corrected chi connectivity index (χ1v) is 7.99. The number of hydrogen-bond donors (Lipinski definition) is 3. The van der Waals surface area contributed by atoms with Crippen molar-refractivity contribution in [2.45, 2.75) is 57.6 Å². The van der Waals surface area contributed by atoms with Crippen molar-refractivity contribution < 1.29 is 19.4 Å². The van der Waals surface area contributed by atoms with Gasteiger partial charge >= 0.3 is 12.0 Å². The van der Waals surface area contributed by atoms with Crippen LogP contribution in [0, 0.1) is 11.8 Å². The summed E-state index contributed by atoms with van der Waals surface area (Å²) in [5.74, 6) is -0.995. The Kier molecular flexibility index (Phi) is 5.85. The van der Waals surface area contributed by atoms with Gasteiger partial charge in [0, 0.05) is 19.2 Å². The Hall–Kier alpha value is -1.30. The van der Waals surface area contributed by atoms with Crippen LogP contribution in [-0.4, -0.2) is 42.4 Å². The number of carboxylic acid groups (broad SMARTS) is 1. The van der Waals surface area contributed by atoms with Gasteiger partial charge in [-0.3, -0.25) is 4.79 Å². The van der Waals surface area contributed by atoms with Crippen molar-refractivity contribution in [1.82, 2.24) is 10.6 Å². The summed E-state index contributed by atoms with van der Waals surface area (Å²) in [5.41, 5.74) is 0. The third-order valence-corrected chi connectivity index (χ3v) is 4.58. The molecular formula is C15H26N2O4. The fourth-order valence-corrected chi connectivity index (χ4v) is 3.29. The molecule has 0 spiro atoms. The number of carbonyl (C=O) groups is 2. The Labute approximate surface area is 125 Å². The van der Waals surface area contributed by atoms with Crippen LogP contribution in [0.3, 0.4) is 0 Å². The highest BCUT2D eigenvalue weighted by molar-refractivity contribution is 5.74. The average Bonchev–Trinajstić information content (AvgIpc) is 2.43. The van der Waals surface area contributed by atoms with Gasteiger partial charge in [0.25, 0.3) is 0 Å². The SMILES string of the molecule is CCOC1CC(NC(=O)NCC2CCCCC2C(=O)O)C1. The molecule has 2 amide bonds. The minimum Gasteiger partial charge on any atom is -0.481 e. The Morgan fingerprint density at radius 3 is 2.62 bits per heavy atom. The summed E-state index contributed by atoms with van der Waals surface area (Å²) in [7, 11) is 0. The average molecular weight is 298 g/mol. The lowest BCUT2D eigenvalue weighted by molar-refractivity contribution is -0.144. The minimum atomic E-state index is -0.736. The first kappa shape index (κ1) is 16.1. The summed E-state index contributed by atoms with van der Waals surface area (Å²) in [6.45, 7) is 3.13. The molecule has 2 aliphatic carbocycles. The van der Waals surface area contributed by atoms with E-state index in [-0.39, 0.29) is 30.0 Å². The largest absolute Gasteiger partial charge is 0.481 e. The van der Waals surface area contributed by atoms with Crippen molar-refractivity contribution in [2.75, 3.05) is 13.2 Å². The highest BCUT2D eigenvalue weighted by Gasteiger charge is 2.32. The first-order chi connectivity index (χ1) is 10.1. The molecular weight excluding hydrogens is 272 g/mol. The number of ether oxygens (including phenoxy) is 1. The number of hydrogen-bond acceptors (Lipinski definition) is 3. The van der Waals surface area contributed by atoms with Gasteiger partial charge in [-0.15, -0.1) is 0 Å². The fraction of sp³-hybridized carbons (Fsp3) is 0.867. The number of carbonyl (C=O) groups excluding carboxylic acids is 1. The Balaban J connectivity index is 1.65. The van der Waals surface area contributed by atoms with Gasteiger partial charge in [0.05, 0.1) is 12.0 Å². The number of rotatable bonds is 6. The maximum absolute atomic E-state index is 11.8. The second kappa shape index (κ2) is 7.64. The van der Waals surface area contributed by atoms with Crippen molar-refractivity contribution in [3.63, 3.8) is 0 Å². The summed E-state index contributed by atoms with van der Waals surface area (Å²) >= 11 is 0. The Bertz CT molecular complexity index is 369. The second-order valence-electron chi connectivity index (χ2n) is 6.09. The molecule has 21 heavy (non-hydrogen) atoms. The highest BCUT2D eigenvalue weighted by Crippen LogP contribution is 2.29. The molecule has 3 N–H and O–H groups in total. The van der Waals surface area contributed by atoms with Gasteiger partial charge in [-0.2, -0.15) is 0 Å². The maximum atomic E-state index is 11.8. The lowest BCUT2D eigenvalue weighted by Crippen LogP contribution is -2.52. The third-order valence-electron chi connectivity index (χ3n) is 4.58. The van der Waals surface area contributed by atoms with Gasteiger partial charge in [0.15, 0.2) is 0 Å². The zero-order valence-corrected chi connectivity index (χ0v) is 12.6. The monoisotopic (exact) mass is 298 g/mol. The smallest absolute Gasteiger partial charge is 0.315 e. The van der Waals surface area contributed by atoms with Gasteiger partial charge in [-0.05, 0) is 38.5 Å². The van der Waals surface area contributed by atoms with Crippen LogP contribution in [0.2, 0.25) is 0 Å². The van der Waals surface area contributed by atoms with Crippen LogP contribution in [0.25, 0.3) is 0 Å². The molecule has 6 heteroatoms. The van der Waals surface area contributed by atoms with Gasteiger partial charge in [-0.25, -0.2) is 4.79 Å². The fourth-order valence-electron chi connectivity index (χ4n) is 3.29.